The second kappa shape index (κ2) is 6.17. The first kappa shape index (κ1) is 15.2. The van der Waals surface area contributed by atoms with Gasteiger partial charge in [0.25, 0.3) is 0 Å². The summed E-state index contributed by atoms with van der Waals surface area (Å²) in [5.74, 6) is 2.47. The molecule has 1 fully saturated rings. The zero-order valence-corrected chi connectivity index (χ0v) is 14.5. The van der Waals surface area contributed by atoms with Crippen molar-refractivity contribution in [1.82, 2.24) is 5.32 Å². The van der Waals surface area contributed by atoms with Crippen LogP contribution in [0, 0.1) is 11.3 Å². The van der Waals surface area contributed by atoms with Crippen molar-refractivity contribution in [2.75, 3.05) is 26.3 Å². The third-order valence-electron chi connectivity index (χ3n) is 4.26. The van der Waals surface area contributed by atoms with Gasteiger partial charge >= 0.3 is 0 Å². The molecule has 0 spiro atoms. The van der Waals surface area contributed by atoms with Crippen LogP contribution in [0.25, 0.3) is 0 Å². The van der Waals surface area contributed by atoms with Crippen LogP contribution in [-0.4, -0.2) is 26.3 Å². The van der Waals surface area contributed by atoms with Crippen LogP contribution >= 0.6 is 15.9 Å². The molecule has 0 radical (unpaired) electrons. The van der Waals surface area contributed by atoms with E-state index >= 15 is 0 Å². The van der Waals surface area contributed by atoms with Gasteiger partial charge in [0.1, 0.15) is 0 Å². The predicted octanol–water partition coefficient (Wildman–Crippen LogP) is 3.79. The van der Waals surface area contributed by atoms with Crippen LogP contribution in [0.5, 0.6) is 11.5 Å². The highest BCUT2D eigenvalue weighted by atomic mass is 79.9. The Labute approximate surface area is 135 Å². The van der Waals surface area contributed by atoms with E-state index in [1.807, 2.05) is 0 Å². The lowest BCUT2D eigenvalue weighted by Crippen LogP contribution is -2.30. The SMILES string of the molecule is CC1(C)COc2cc(Br)c(CC3CCCNC3)cc2OC1. The van der Waals surface area contributed by atoms with Crippen LogP contribution in [0.1, 0.15) is 32.3 Å². The smallest absolute Gasteiger partial charge is 0.162 e. The van der Waals surface area contributed by atoms with Gasteiger partial charge in [-0.25, -0.2) is 0 Å². The minimum atomic E-state index is 0.0545. The van der Waals surface area contributed by atoms with E-state index in [9.17, 15) is 0 Å². The fraction of sp³-hybridized carbons (Fsp3) is 0.647. The van der Waals surface area contributed by atoms with Gasteiger partial charge in [-0.2, -0.15) is 0 Å². The van der Waals surface area contributed by atoms with Crippen molar-refractivity contribution >= 4 is 15.9 Å². The van der Waals surface area contributed by atoms with Gasteiger partial charge in [-0.3, -0.25) is 0 Å². The summed E-state index contributed by atoms with van der Waals surface area (Å²) >= 11 is 3.70. The van der Waals surface area contributed by atoms with Gasteiger partial charge < -0.3 is 14.8 Å². The molecule has 3 rings (SSSR count). The average Bonchev–Trinajstić information content (AvgIpc) is 2.60. The van der Waals surface area contributed by atoms with Gasteiger partial charge in [-0.15, -0.1) is 0 Å². The van der Waals surface area contributed by atoms with Gasteiger partial charge in [0.2, 0.25) is 0 Å². The molecule has 2 heterocycles. The molecule has 1 atom stereocenters. The number of fused-ring (bicyclic) bond motifs is 1. The topological polar surface area (TPSA) is 30.5 Å². The number of benzene rings is 1. The highest BCUT2D eigenvalue weighted by Gasteiger charge is 2.26. The van der Waals surface area contributed by atoms with Gasteiger partial charge in [0.15, 0.2) is 11.5 Å². The molecule has 2 aliphatic rings. The highest BCUT2D eigenvalue weighted by Crippen LogP contribution is 2.38. The number of hydrogen-bond donors (Lipinski definition) is 1. The van der Waals surface area contributed by atoms with Crippen LogP contribution in [0.2, 0.25) is 0 Å². The van der Waals surface area contributed by atoms with Gasteiger partial charge in [-0.05, 0) is 56.0 Å². The Bertz CT molecular complexity index is 510. The predicted molar refractivity (Wildman–Crippen MR) is 88.2 cm³/mol. The van der Waals surface area contributed by atoms with Crippen molar-refractivity contribution in [3.8, 4) is 11.5 Å². The molecular formula is C17H24BrNO2. The summed E-state index contributed by atoms with van der Waals surface area (Å²) in [4.78, 5) is 0. The maximum absolute atomic E-state index is 5.99. The summed E-state index contributed by atoms with van der Waals surface area (Å²) in [5.41, 5.74) is 1.38. The van der Waals surface area contributed by atoms with E-state index in [2.05, 4.69) is 47.2 Å². The van der Waals surface area contributed by atoms with Crippen molar-refractivity contribution in [2.24, 2.45) is 11.3 Å². The van der Waals surface area contributed by atoms with Gasteiger partial charge in [0, 0.05) is 9.89 Å². The number of rotatable bonds is 2. The Morgan fingerprint density at radius 3 is 2.62 bits per heavy atom. The third-order valence-corrected chi connectivity index (χ3v) is 5.00. The first-order valence-corrected chi connectivity index (χ1v) is 8.61. The lowest BCUT2D eigenvalue weighted by molar-refractivity contribution is 0.140. The fourth-order valence-electron chi connectivity index (χ4n) is 2.96. The Morgan fingerprint density at radius 1 is 1.24 bits per heavy atom. The molecule has 1 saturated heterocycles. The Balaban J connectivity index is 1.79. The molecule has 1 aromatic rings. The van der Waals surface area contributed by atoms with Gasteiger partial charge in [0.05, 0.1) is 13.2 Å². The minimum absolute atomic E-state index is 0.0545. The first-order chi connectivity index (χ1) is 10.0. The van der Waals surface area contributed by atoms with Crippen LogP contribution in [0.3, 0.4) is 0 Å². The number of piperidine rings is 1. The monoisotopic (exact) mass is 353 g/mol. The van der Waals surface area contributed by atoms with E-state index in [0.29, 0.717) is 13.2 Å². The lowest BCUT2D eigenvalue weighted by atomic mass is 9.92. The molecule has 21 heavy (non-hydrogen) atoms. The Morgan fingerprint density at radius 2 is 1.95 bits per heavy atom. The molecule has 4 heteroatoms. The molecule has 0 saturated carbocycles. The van der Waals surface area contributed by atoms with Crippen LogP contribution in [-0.2, 0) is 6.42 Å². The molecule has 0 aliphatic carbocycles. The normalized spacial score (nSPS) is 24.4. The summed E-state index contributed by atoms with van der Waals surface area (Å²) < 4.78 is 13.0. The van der Waals surface area contributed by atoms with E-state index in [0.717, 1.165) is 41.4 Å². The number of hydrogen-bond acceptors (Lipinski definition) is 3. The second-order valence-electron chi connectivity index (χ2n) is 7.05. The molecule has 3 nitrogen and oxygen atoms in total. The second-order valence-corrected chi connectivity index (χ2v) is 7.90. The summed E-state index contributed by atoms with van der Waals surface area (Å²) in [5, 5.41) is 3.49. The quantitative estimate of drug-likeness (QED) is 0.877. The first-order valence-electron chi connectivity index (χ1n) is 7.82. The molecule has 1 N–H and O–H groups in total. The fourth-order valence-corrected chi connectivity index (χ4v) is 3.44. The number of nitrogens with one attached hydrogen (secondary N) is 1. The lowest BCUT2D eigenvalue weighted by Gasteiger charge is -2.23. The molecule has 0 bridgehead atoms. The maximum Gasteiger partial charge on any atom is 0.162 e. The van der Waals surface area contributed by atoms with Crippen molar-refractivity contribution in [3.05, 3.63) is 22.2 Å². The van der Waals surface area contributed by atoms with E-state index < -0.39 is 0 Å². The summed E-state index contributed by atoms with van der Waals surface area (Å²) in [6, 6.07) is 4.23. The van der Waals surface area contributed by atoms with E-state index in [1.165, 1.54) is 18.4 Å². The van der Waals surface area contributed by atoms with Crippen molar-refractivity contribution in [3.63, 3.8) is 0 Å². The van der Waals surface area contributed by atoms with E-state index in [1.54, 1.807) is 0 Å². The highest BCUT2D eigenvalue weighted by molar-refractivity contribution is 9.10. The van der Waals surface area contributed by atoms with Crippen LogP contribution in [0.4, 0.5) is 0 Å². The Kier molecular flexibility index (Phi) is 4.46. The molecule has 2 aliphatic heterocycles. The van der Waals surface area contributed by atoms with Crippen molar-refractivity contribution in [1.29, 1.82) is 0 Å². The molecule has 1 unspecified atom stereocenters. The number of ether oxygens (including phenoxy) is 2. The molecule has 0 aromatic heterocycles. The molecule has 116 valence electrons. The largest absolute Gasteiger partial charge is 0.489 e. The summed E-state index contributed by atoms with van der Waals surface area (Å²) in [7, 11) is 0. The van der Waals surface area contributed by atoms with Gasteiger partial charge in [-0.1, -0.05) is 29.8 Å². The van der Waals surface area contributed by atoms with Crippen molar-refractivity contribution in [2.45, 2.75) is 33.1 Å². The third kappa shape index (κ3) is 3.72. The minimum Gasteiger partial charge on any atom is -0.489 e. The van der Waals surface area contributed by atoms with Crippen molar-refractivity contribution < 1.29 is 9.47 Å². The van der Waals surface area contributed by atoms with E-state index in [-0.39, 0.29) is 5.41 Å². The zero-order valence-electron chi connectivity index (χ0n) is 12.9. The molecule has 0 amide bonds. The van der Waals surface area contributed by atoms with Crippen LogP contribution in [0.15, 0.2) is 16.6 Å². The summed E-state index contributed by atoms with van der Waals surface area (Å²) in [6.45, 7) is 8.01. The zero-order chi connectivity index (χ0) is 14.9. The van der Waals surface area contributed by atoms with E-state index in [4.69, 9.17) is 9.47 Å². The molecular weight excluding hydrogens is 330 g/mol. The average molecular weight is 354 g/mol. The number of halogens is 1. The Hall–Kier alpha value is -0.740. The standard InChI is InChI=1S/C17H24BrNO2/c1-17(2)10-20-15-7-13(6-12-4-3-5-19-9-12)14(18)8-16(15)21-11-17/h7-8,12,19H,3-6,9-11H2,1-2H3. The maximum atomic E-state index is 5.99. The summed E-state index contributed by atoms with van der Waals surface area (Å²) in [6.07, 6.45) is 3.68. The van der Waals surface area contributed by atoms with Crippen LogP contribution < -0.4 is 14.8 Å². The molecule has 1 aromatic carbocycles.